The third-order valence-electron chi connectivity index (χ3n) is 6.02. The number of aliphatic hydroxyl groups excluding tert-OH is 1. The van der Waals surface area contributed by atoms with Gasteiger partial charge < -0.3 is 19.3 Å². The van der Waals surface area contributed by atoms with Crippen molar-refractivity contribution in [2.45, 2.75) is 23.8 Å². The molecule has 1 aliphatic carbocycles. The van der Waals surface area contributed by atoms with Crippen molar-refractivity contribution < 1.29 is 37.3 Å². The number of aliphatic imine (C=N–C) groups is 1. The van der Waals surface area contributed by atoms with Gasteiger partial charge in [0.1, 0.15) is 22.1 Å². The zero-order valence-electron chi connectivity index (χ0n) is 18.9. The number of carbonyl (C=O) groups excluding carboxylic acids is 2. The van der Waals surface area contributed by atoms with Crippen molar-refractivity contribution in [3.63, 3.8) is 0 Å². The van der Waals surface area contributed by atoms with Crippen LogP contribution in [0.5, 0.6) is 17.2 Å². The van der Waals surface area contributed by atoms with Gasteiger partial charge in [0, 0.05) is 24.6 Å². The van der Waals surface area contributed by atoms with Gasteiger partial charge in [0.15, 0.2) is 17.3 Å². The first-order chi connectivity index (χ1) is 16.4. The van der Waals surface area contributed by atoms with Crippen molar-refractivity contribution in [1.29, 1.82) is 0 Å². The Morgan fingerprint density at radius 1 is 1.20 bits per heavy atom. The fourth-order valence-electron chi connectivity index (χ4n) is 4.17. The minimum atomic E-state index is -3.88. The molecule has 0 radical (unpaired) electrons. The number of rotatable bonds is 5. The quantitative estimate of drug-likeness (QED) is 0.570. The Morgan fingerprint density at radius 2 is 1.83 bits per heavy atom. The second kappa shape index (κ2) is 8.67. The van der Waals surface area contributed by atoms with Crippen molar-refractivity contribution >= 4 is 45.1 Å². The number of hydrogen-bond acceptors (Lipinski definition) is 9. The van der Waals surface area contributed by atoms with Crippen molar-refractivity contribution in [2.24, 2.45) is 16.0 Å². The molecule has 0 amide bonds. The van der Waals surface area contributed by atoms with Crippen LogP contribution in [0.3, 0.4) is 0 Å². The van der Waals surface area contributed by atoms with E-state index in [-0.39, 0.29) is 50.4 Å². The number of primary sulfonamides is 1. The molecule has 2 aliphatic rings. The molecule has 1 spiro atoms. The topological polar surface area (TPSA) is 155 Å². The standard InChI is InChI=1S/C23H21ClN2O8S/c1-11-8-15(27)14(10-26-12-4-6-13(7-5-12)35(25,30)31)21(28)23(11)22(29)18-16(32-2)9-17(33-3)19(24)20(18)34-23/h4-7,9-11,28H,8H2,1-3H3,(H2,25,30,31). The molecule has 0 saturated heterocycles. The van der Waals surface area contributed by atoms with E-state index in [1.165, 1.54) is 44.6 Å². The summed E-state index contributed by atoms with van der Waals surface area (Å²) in [4.78, 5) is 30.5. The number of benzene rings is 2. The molecule has 1 aliphatic heterocycles. The van der Waals surface area contributed by atoms with Crippen LogP contribution in [0.4, 0.5) is 5.69 Å². The second-order valence-electron chi connectivity index (χ2n) is 8.05. The molecule has 0 aromatic heterocycles. The average Bonchev–Trinajstić information content (AvgIpc) is 3.13. The van der Waals surface area contributed by atoms with Gasteiger partial charge in [0.2, 0.25) is 21.4 Å². The molecule has 184 valence electrons. The molecular formula is C23H21ClN2O8S. The number of hydrogen-bond donors (Lipinski definition) is 2. The van der Waals surface area contributed by atoms with Crippen LogP contribution in [-0.2, 0) is 14.8 Å². The Bertz CT molecular complexity index is 1420. The summed E-state index contributed by atoms with van der Waals surface area (Å²) in [5, 5.41) is 16.3. The van der Waals surface area contributed by atoms with Crippen LogP contribution in [0, 0.1) is 5.92 Å². The minimum Gasteiger partial charge on any atom is -0.507 e. The zero-order valence-corrected chi connectivity index (χ0v) is 20.4. The fraction of sp³-hybridized carbons (Fsp3) is 0.261. The predicted octanol–water partition coefficient (Wildman–Crippen LogP) is 3.14. The summed E-state index contributed by atoms with van der Waals surface area (Å²) in [5.41, 5.74) is -1.82. The maximum atomic E-state index is 13.7. The largest absolute Gasteiger partial charge is 0.507 e. The van der Waals surface area contributed by atoms with E-state index in [1.54, 1.807) is 6.92 Å². The van der Waals surface area contributed by atoms with Gasteiger partial charge in [-0.1, -0.05) is 18.5 Å². The maximum Gasteiger partial charge on any atom is 0.238 e. The number of ether oxygens (including phenoxy) is 3. The van der Waals surface area contributed by atoms with Crippen LogP contribution >= 0.6 is 11.6 Å². The highest BCUT2D eigenvalue weighted by Crippen LogP contribution is 2.54. The normalized spacial score (nSPS) is 22.0. The highest BCUT2D eigenvalue weighted by molar-refractivity contribution is 7.89. The number of allylic oxidation sites excluding steroid dienone is 1. The lowest BCUT2D eigenvalue weighted by molar-refractivity contribution is -0.118. The van der Waals surface area contributed by atoms with E-state index in [2.05, 4.69) is 4.99 Å². The number of carbonyl (C=O) groups is 2. The zero-order chi connectivity index (χ0) is 25.7. The first kappa shape index (κ1) is 24.7. The van der Waals surface area contributed by atoms with Gasteiger partial charge in [-0.25, -0.2) is 13.6 Å². The van der Waals surface area contributed by atoms with Crippen LogP contribution in [0.2, 0.25) is 5.02 Å². The highest BCUT2D eigenvalue weighted by Gasteiger charge is 2.60. The number of nitrogens with two attached hydrogens (primary N) is 1. The average molecular weight is 521 g/mol. The van der Waals surface area contributed by atoms with E-state index in [0.29, 0.717) is 0 Å². The summed E-state index contributed by atoms with van der Waals surface area (Å²) in [6.45, 7) is 1.61. The number of nitrogens with zero attached hydrogens (tertiary/aromatic N) is 1. The number of halogens is 1. The molecule has 0 fully saturated rings. The molecule has 4 rings (SSSR count). The fourth-order valence-corrected chi connectivity index (χ4v) is 4.95. The number of aliphatic hydroxyl groups is 1. The minimum absolute atomic E-state index is 0.0181. The monoisotopic (exact) mass is 520 g/mol. The van der Waals surface area contributed by atoms with Crippen LogP contribution in [0.1, 0.15) is 23.7 Å². The molecule has 0 bridgehead atoms. The number of ketones is 2. The van der Waals surface area contributed by atoms with Crippen molar-refractivity contribution in [3.8, 4) is 17.2 Å². The number of methoxy groups -OCH3 is 2. The number of Topliss-reactive ketones (excluding diaryl/α,β-unsaturated/α-hetero) is 2. The first-order valence-electron chi connectivity index (χ1n) is 10.3. The molecule has 2 aromatic rings. The second-order valence-corrected chi connectivity index (χ2v) is 9.99. The number of sulfonamides is 1. The lowest BCUT2D eigenvalue weighted by Crippen LogP contribution is -2.52. The van der Waals surface area contributed by atoms with E-state index in [9.17, 15) is 23.1 Å². The lowest BCUT2D eigenvalue weighted by atomic mass is 9.73. The molecule has 10 nitrogen and oxygen atoms in total. The van der Waals surface area contributed by atoms with Crippen LogP contribution in [0.15, 0.2) is 51.6 Å². The van der Waals surface area contributed by atoms with Crippen molar-refractivity contribution in [3.05, 3.63) is 52.3 Å². The van der Waals surface area contributed by atoms with Crippen LogP contribution in [-0.4, -0.2) is 51.1 Å². The number of fused-ring (bicyclic) bond motifs is 1. The summed E-state index contributed by atoms with van der Waals surface area (Å²) >= 11 is 6.40. The van der Waals surface area contributed by atoms with Gasteiger partial charge in [0.05, 0.1) is 30.4 Å². The highest BCUT2D eigenvalue weighted by atomic mass is 35.5. The molecule has 12 heteroatoms. The van der Waals surface area contributed by atoms with Gasteiger partial charge in [-0.15, -0.1) is 0 Å². The van der Waals surface area contributed by atoms with Crippen LogP contribution < -0.4 is 19.3 Å². The predicted molar refractivity (Wildman–Crippen MR) is 127 cm³/mol. The van der Waals surface area contributed by atoms with E-state index < -0.39 is 38.9 Å². The molecule has 3 N–H and O–H groups in total. The van der Waals surface area contributed by atoms with Crippen LogP contribution in [0.25, 0.3) is 0 Å². The summed E-state index contributed by atoms with van der Waals surface area (Å²) in [5.74, 6) is -2.08. The Kier molecular flexibility index (Phi) is 6.12. The molecule has 2 unspecified atom stereocenters. The van der Waals surface area contributed by atoms with Crippen molar-refractivity contribution in [1.82, 2.24) is 0 Å². The molecule has 2 aromatic carbocycles. The van der Waals surface area contributed by atoms with Gasteiger partial charge in [-0.2, -0.15) is 0 Å². The van der Waals surface area contributed by atoms with Gasteiger partial charge >= 0.3 is 0 Å². The van der Waals surface area contributed by atoms with E-state index in [1.807, 2.05) is 0 Å². The third kappa shape index (κ3) is 3.85. The van der Waals surface area contributed by atoms with Gasteiger partial charge in [-0.05, 0) is 24.3 Å². The Morgan fingerprint density at radius 3 is 2.40 bits per heavy atom. The summed E-state index contributed by atoms with van der Waals surface area (Å²) in [6, 6.07) is 6.70. The molecule has 35 heavy (non-hydrogen) atoms. The van der Waals surface area contributed by atoms with Gasteiger partial charge in [-0.3, -0.25) is 14.6 Å². The smallest absolute Gasteiger partial charge is 0.238 e. The molecular weight excluding hydrogens is 500 g/mol. The third-order valence-corrected chi connectivity index (χ3v) is 7.31. The Labute approximate surface area is 206 Å². The summed E-state index contributed by atoms with van der Waals surface area (Å²) < 4.78 is 39.4. The molecule has 2 atom stereocenters. The van der Waals surface area contributed by atoms with E-state index >= 15 is 0 Å². The Hall–Kier alpha value is -3.41. The molecule has 0 saturated carbocycles. The maximum absolute atomic E-state index is 13.7. The first-order valence-corrected chi connectivity index (χ1v) is 12.2. The Balaban J connectivity index is 1.80. The lowest BCUT2D eigenvalue weighted by Gasteiger charge is -2.36. The SMILES string of the molecule is COc1cc(OC)c2c(c1Cl)OC1(C2=O)C(O)=C(C=Nc2ccc(S(N)(=O)=O)cc2)C(=O)CC1C. The van der Waals surface area contributed by atoms with Crippen molar-refractivity contribution in [2.75, 3.05) is 14.2 Å². The molecule has 1 heterocycles. The summed E-state index contributed by atoms with van der Waals surface area (Å²) in [6.07, 6.45) is 0.989. The summed E-state index contributed by atoms with van der Waals surface area (Å²) in [7, 11) is -1.12. The van der Waals surface area contributed by atoms with E-state index in [0.717, 1.165) is 6.21 Å². The van der Waals surface area contributed by atoms with E-state index in [4.69, 9.17) is 31.0 Å². The van der Waals surface area contributed by atoms with Gasteiger partial charge in [0.25, 0.3) is 0 Å².